The first-order valence-electron chi connectivity index (χ1n) is 6.99. The summed E-state index contributed by atoms with van der Waals surface area (Å²) < 4.78 is 36.5. The van der Waals surface area contributed by atoms with Crippen LogP contribution in [0.15, 0.2) is 47.4 Å². The molecule has 25 heavy (non-hydrogen) atoms. The molecule has 0 saturated carbocycles. The number of anilines is 1. The highest BCUT2D eigenvalue weighted by atomic mass is 35.5. The van der Waals surface area contributed by atoms with Gasteiger partial charge in [0.1, 0.15) is 12.3 Å². The number of ether oxygens (including phenoxy) is 2. The summed E-state index contributed by atoms with van der Waals surface area (Å²) >= 11 is 12.1. The fourth-order valence-corrected chi connectivity index (χ4v) is 3.91. The van der Waals surface area contributed by atoms with Gasteiger partial charge in [-0.3, -0.25) is 9.10 Å². The Morgan fingerprint density at radius 3 is 2.28 bits per heavy atom. The van der Waals surface area contributed by atoms with Crippen LogP contribution in [0.4, 0.5) is 5.69 Å². The molecule has 0 bridgehead atoms. The zero-order valence-electron chi connectivity index (χ0n) is 13.4. The summed E-state index contributed by atoms with van der Waals surface area (Å²) in [6, 6.07) is 10.3. The number of nitrogens with zero attached hydrogens (tertiary/aromatic N) is 1. The summed E-state index contributed by atoms with van der Waals surface area (Å²) in [5.74, 6) is -0.243. The second-order valence-corrected chi connectivity index (χ2v) is 7.48. The van der Waals surface area contributed by atoms with Crippen molar-refractivity contribution in [2.24, 2.45) is 0 Å². The lowest BCUT2D eigenvalue weighted by atomic mass is 10.3. The molecule has 0 amide bonds. The Labute approximate surface area is 155 Å². The molecule has 0 N–H and O–H groups in total. The topological polar surface area (TPSA) is 72.9 Å². The fourth-order valence-electron chi connectivity index (χ4n) is 2.04. The normalized spacial score (nSPS) is 11.0. The molecule has 9 heteroatoms. The van der Waals surface area contributed by atoms with E-state index in [1.165, 1.54) is 56.7 Å². The molecule has 0 atom stereocenters. The van der Waals surface area contributed by atoms with E-state index in [1.807, 2.05) is 0 Å². The van der Waals surface area contributed by atoms with Gasteiger partial charge in [0, 0.05) is 0 Å². The smallest absolute Gasteiger partial charge is 0.326 e. The van der Waals surface area contributed by atoms with Gasteiger partial charge in [0.2, 0.25) is 0 Å². The first kappa shape index (κ1) is 19.4. The van der Waals surface area contributed by atoms with Crippen LogP contribution in [-0.2, 0) is 19.6 Å². The maximum atomic E-state index is 13.0. The minimum Gasteiger partial charge on any atom is -0.497 e. The average molecular weight is 404 g/mol. The molecule has 0 heterocycles. The SMILES string of the molecule is COC(=O)CN(c1cccc(Cl)c1Cl)S(=O)(=O)c1ccc(OC)cc1. The van der Waals surface area contributed by atoms with Crippen LogP contribution in [0, 0.1) is 0 Å². The first-order valence-corrected chi connectivity index (χ1v) is 9.18. The van der Waals surface area contributed by atoms with Crippen molar-refractivity contribution in [1.29, 1.82) is 0 Å². The van der Waals surface area contributed by atoms with Gasteiger partial charge in [-0.2, -0.15) is 0 Å². The van der Waals surface area contributed by atoms with Crippen molar-refractivity contribution >= 4 is 44.9 Å². The highest BCUT2D eigenvalue weighted by Crippen LogP contribution is 2.35. The van der Waals surface area contributed by atoms with Crippen LogP contribution in [0.1, 0.15) is 0 Å². The Kier molecular flexibility index (Phi) is 6.16. The summed E-state index contributed by atoms with van der Waals surface area (Å²) in [5.41, 5.74) is 0.0791. The Morgan fingerprint density at radius 2 is 1.72 bits per heavy atom. The number of methoxy groups -OCH3 is 2. The van der Waals surface area contributed by atoms with Crippen molar-refractivity contribution in [3.63, 3.8) is 0 Å². The molecular weight excluding hydrogens is 389 g/mol. The number of sulfonamides is 1. The van der Waals surface area contributed by atoms with Gasteiger partial charge in [0.15, 0.2) is 0 Å². The standard InChI is InChI=1S/C16H15Cl2NO5S/c1-23-11-6-8-12(9-7-11)25(21,22)19(10-15(20)24-2)14-5-3-4-13(17)16(14)18/h3-9H,10H2,1-2H3. The number of esters is 1. The van der Waals surface area contributed by atoms with Crippen molar-refractivity contribution in [3.05, 3.63) is 52.5 Å². The molecule has 0 aliphatic rings. The van der Waals surface area contributed by atoms with E-state index in [9.17, 15) is 13.2 Å². The van der Waals surface area contributed by atoms with Crippen molar-refractivity contribution in [2.75, 3.05) is 25.1 Å². The van der Waals surface area contributed by atoms with E-state index in [0.29, 0.717) is 5.75 Å². The van der Waals surface area contributed by atoms with E-state index in [1.54, 1.807) is 0 Å². The molecule has 2 aromatic carbocycles. The van der Waals surface area contributed by atoms with Gasteiger partial charge in [-0.1, -0.05) is 29.3 Å². The third kappa shape index (κ3) is 4.18. The van der Waals surface area contributed by atoms with Gasteiger partial charge in [0.05, 0.1) is 34.8 Å². The lowest BCUT2D eigenvalue weighted by Crippen LogP contribution is -2.36. The van der Waals surface area contributed by atoms with Crippen molar-refractivity contribution in [3.8, 4) is 5.75 Å². The molecule has 0 radical (unpaired) electrons. The number of rotatable bonds is 6. The summed E-state index contributed by atoms with van der Waals surface area (Å²) in [4.78, 5) is 11.7. The van der Waals surface area contributed by atoms with Crippen LogP contribution in [0.2, 0.25) is 10.0 Å². The minimum absolute atomic E-state index is 0.0187. The lowest BCUT2D eigenvalue weighted by Gasteiger charge is -2.24. The van der Waals surface area contributed by atoms with Crippen molar-refractivity contribution in [1.82, 2.24) is 0 Å². The molecule has 134 valence electrons. The van der Waals surface area contributed by atoms with E-state index in [4.69, 9.17) is 27.9 Å². The van der Waals surface area contributed by atoms with Gasteiger partial charge in [-0.25, -0.2) is 8.42 Å². The monoisotopic (exact) mass is 403 g/mol. The Balaban J connectivity index is 2.57. The zero-order valence-corrected chi connectivity index (χ0v) is 15.7. The van der Waals surface area contributed by atoms with Gasteiger partial charge in [0.25, 0.3) is 10.0 Å². The number of hydrogen-bond acceptors (Lipinski definition) is 5. The maximum Gasteiger partial charge on any atom is 0.326 e. The molecular formula is C16H15Cl2NO5S. The summed E-state index contributed by atoms with van der Waals surface area (Å²) in [6.45, 7) is -0.551. The number of hydrogen-bond donors (Lipinski definition) is 0. The molecule has 0 saturated heterocycles. The van der Waals surface area contributed by atoms with Crippen molar-refractivity contribution < 1.29 is 22.7 Å². The quantitative estimate of drug-likeness (QED) is 0.691. The molecule has 0 unspecified atom stereocenters. The first-order chi connectivity index (χ1) is 11.8. The van der Waals surface area contributed by atoms with E-state index in [-0.39, 0.29) is 20.6 Å². The average Bonchev–Trinajstić information content (AvgIpc) is 2.62. The summed E-state index contributed by atoms with van der Waals surface area (Å²) in [6.07, 6.45) is 0. The number of halogens is 2. The van der Waals surface area contributed by atoms with Crippen LogP contribution < -0.4 is 9.04 Å². The highest BCUT2D eigenvalue weighted by Gasteiger charge is 2.29. The van der Waals surface area contributed by atoms with Gasteiger partial charge in [-0.15, -0.1) is 0 Å². The third-order valence-electron chi connectivity index (χ3n) is 3.35. The largest absolute Gasteiger partial charge is 0.497 e. The summed E-state index contributed by atoms with van der Waals surface area (Å²) in [7, 11) is -1.45. The molecule has 2 rings (SSSR count). The number of carbonyl (C=O) groups excluding carboxylic acids is 1. The maximum absolute atomic E-state index is 13.0. The van der Waals surface area contributed by atoms with Gasteiger partial charge < -0.3 is 9.47 Å². The molecule has 0 aromatic heterocycles. The number of carbonyl (C=O) groups is 1. The van der Waals surface area contributed by atoms with E-state index < -0.39 is 22.5 Å². The predicted molar refractivity (Wildman–Crippen MR) is 96.0 cm³/mol. The lowest BCUT2D eigenvalue weighted by molar-refractivity contribution is -0.138. The van der Waals surface area contributed by atoms with Gasteiger partial charge in [-0.05, 0) is 36.4 Å². The Bertz CT molecular complexity index is 869. The second kappa shape index (κ2) is 7.95. The fraction of sp³-hybridized carbons (Fsp3) is 0.188. The minimum atomic E-state index is -4.09. The van der Waals surface area contributed by atoms with Crippen LogP contribution in [0.5, 0.6) is 5.75 Å². The third-order valence-corrected chi connectivity index (χ3v) is 5.93. The highest BCUT2D eigenvalue weighted by molar-refractivity contribution is 7.92. The van der Waals surface area contributed by atoms with E-state index in [0.717, 1.165) is 4.31 Å². The zero-order chi connectivity index (χ0) is 18.6. The molecule has 2 aromatic rings. The number of benzene rings is 2. The van der Waals surface area contributed by atoms with Crippen LogP contribution in [0.3, 0.4) is 0 Å². The predicted octanol–water partition coefficient (Wildman–Crippen LogP) is 3.37. The molecule has 0 aliphatic heterocycles. The molecule has 0 fully saturated rings. The second-order valence-electron chi connectivity index (χ2n) is 4.84. The van der Waals surface area contributed by atoms with E-state index >= 15 is 0 Å². The van der Waals surface area contributed by atoms with Gasteiger partial charge >= 0.3 is 5.97 Å². The Morgan fingerprint density at radius 1 is 1.08 bits per heavy atom. The molecule has 6 nitrogen and oxygen atoms in total. The Hall–Kier alpha value is -1.96. The molecule has 0 aliphatic carbocycles. The van der Waals surface area contributed by atoms with Crippen LogP contribution in [0.25, 0.3) is 0 Å². The molecule has 0 spiro atoms. The summed E-state index contributed by atoms with van der Waals surface area (Å²) in [5, 5.41) is 0.184. The van der Waals surface area contributed by atoms with Crippen LogP contribution >= 0.6 is 23.2 Å². The van der Waals surface area contributed by atoms with Crippen molar-refractivity contribution in [2.45, 2.75) is 4.90 Å². The van der Waals surface area contributed by atoms with Crippen LogP contribution in [-0.4, -0.2) is 35.2 Å². The van der Waals surface area contributed by atoms with E-state index in [2.05, 4.69) is 4.74 Å².